The summed E-state index contributed by atoms with van der Waals surface area (Å²) >= 11 is 7.78. The van der Waals surface area contributed by atoms with Crippen molar-refractivity contribution in [2.24, 2.45) is 0 Å². The number of halogens is 1. The van der Waals surface area contributed by atoms with Crippen LogP contribution in [0.3, 0.4) is 0 Å². The lowest BCUT2D eigenvalue weighted by Crippen LogP contribution is -2.49. The Labute approximate surface area is 193 Å². The summed E-state index contributed by atoms with van der Waals surface area (Å²) in [6, 6.07) is 11.8. The molecular formula is C24H29ClN2O3S. The fraction of sp³-hybridized carbons (Fsp3) is 0.458. The monoisotopic (exact) mass is 460 g/mol. The molecule has 1 atom stereocenters. The smallest absolute Gasteiger partial charge is 0.223 e. The van der Waals surface area contributed by atoms with Crippen LogP contribution in [0.25, 0.3) is 0 Å². The average molecular weight is 461 g/mol. The Morgan fingerprint density at radius 3 is 2.29 bits per heavy atom. The van der Waals surface area contributed by atoms with E-state index in [0.29, 0.717) is 18.0 Å². The van der Waals surface area contributed by atoms with E-state index in [9.17, 15) is 14.4 Å². The number of piperazine rings is 1. The molecule has 0 N–H and O–H groups in total. The number of nitrogens with zero attached hydrogens (tertiary/aromatic N) is 2. The molecule has 2 heterocycles. The zero-order valence-electron chi connectivity index (χ0n) is 18.1. The summed E-state index contributed by atoms with van der Waals surface area (Å²) in [4.78, 5) is 42.8. The van der Waals surface area contributed by atoms with Crippen molar-refractivity contribution in [2.45, 2.75) is 45.6 Å². The van der Waals surface area contributed by atoms with Crippen molar-refractivity contribution in [3.05, 3.63) is 56.7 Å². The van der Waals surface area contributed by atoms with Gasteiger partial charge in [-0.1, -0.05) is 29.8 Å². The molecule has 31 heavy (non-hydrogen) atoms. The quantitative estimate of drug-likeness (QED) is 0.498. The van der Waals surface area contributed by atoms with E-state index in [1.807, 2.05) is 48.2 Å². The van der Waals surface area contributed by atoms with Gasteiger partial charge in [-0.3, -0.25) is 19.3 Å². The molecule has 1 saturated heterocycles. The SMILES string of the molecule is Cc1ccc(C(=O)CCC(=O)CCC(=O)N2CCN(C(C)c3ccccc3Cl)CC2)s1. The van der Waals surface area contributed by atoms with Gasteiger partial charge >= 0.3 is 0 Å². The van der Waals surface area contributed by atoms with E-state index in [4.69, 9.17) is 11.6 Å². The second-order valence-corrected chi connectivity index (χ2v) is 9.68. The van der Waals surface area contributed by atoms with E-state index in [1.165, 1.54) is 11.3 Å². The third-order valence-electron chi connectivity index (χ3n) is 5.83. The predicted octanol–water partition coefficient (Wildman–Crippen LogP) is 4.93. The number of carbonyl (C=O) groups excluding carboxylic acids is 3. The van der Waals surface area contributed by atoms with Gasteiger partial charge in [0.25, 0.3) is 0 Å². The van der Waals surface area contributed by atoms with Crippen LogP contribution in [0.15, 0.2) is 36.4 Å². The van der Waals surface area contributed by atoms with Gasteiger partial charge in [0.05, 0.1) is 4.88 Å². The molecule has 0 aliphatic carbocycles. The van der Waals surface area contributed by atoms with Crippen LogP contribution in [0.2, 0.25) is 5.02 Å². The van der Waals surface area contributed by atoms with Gasteiger partial charge in [-0.25, -0.2) is 0 Å². The number of rotatable bonds is 9. The Morgan fingerprint density at radius 2 is 1.65 bits per heavy atom. The lowest BCUT2D eigenvalue weighted by Gasteiger charge is -2.38. The van der Waals surface area contributed by atoms with Crippen LogP contribution >= 0.6 is 22.9 Å². The van der Waals surface area contributed by atoms with E-state index in [2.05, 4.69) is 11.8 Å². The molecule has 1 aromatic heterocycles. The first-order chi connectivity index (χ1) is 14.8. The van der Waals surface area contributed by atoms with Crippen molar-refractivity contribution in [2.75, 3.05) is 26.2 Å². The maximum atomic E-state index is 12.5. The number of hydrogen-bond donors (Lipinski definition) is 0. The minimum atomic E-state index is -0.0269. The number of ketones is 2. The maximum Gasteiger partial charge on any atom is 0.223 e. The van der Waals surface area contributed by atoms with E-state index >= 15 is 0 Å². The van der Waals surface area contributed by atoms with Crippen molar-refractivity contribution in [1.82, 2.24) is 9.80 Å². The molecule has 0 radical (unpaired) electrons. The van der Waals surface area contributed by atoms with Crippen LogP contribution in [0, 0.1) is 6.92 Å². The van der Waals surface area contributed by atoms with Crippen molar-refractivity contribution in [3.63, 3.8) is 0 Å². The molecule has 1 amide bonds. The third-order valence-corrected chi connectivity index (χ3v) is 7.22. The number of aryl methyl sites for hydroxylation is 1. The standard InChI is InChI=1S/C24H29ClN2O3S/c1-17-7-11-23(31-17)22(29)10-8-19(28)9-12-24(30)27-15-13-26(14-16-27)18(2)20-5-3-4-6-21(20)25/h3-7,11,18H,8-10,12-16H2,1-2H3. The second kappa shape index (κ2) is 11.0. The lowest BCUT2D eigenvalue weighted by atomic mass is 10.1. The highest BCUT2D eigenvalue weighted by molar-refractivity contribution is 7.14. The molecule has 0 bridgehead atoms. The number of carbonyl (C=O) groups is 3. The Bertz CT molecular complexity index is 934. The van der Waals surface area contributed by atoms with Gasteiger partial charge in [0.15, 0.2) is 5.78 Å². The molecule has 1 unspecified atom stereocenters. The van der Waals surface area contributed by atoms with Gasteiger partial charge in [-0.2, -0.15) is 0 Å². The third kappa shape index (κ3) is 6.48. The molecule has 1 aliphatic rings. The number of thiophene rings is 1. The molecule has 1 aliphatic heterocycles. The molecule has 3 rings (SSSR count). The normalized spacial score (nSPS) is 15.6. The Hall–Kier alpha value is -2.02. The zero-order valence-corrected chi connectivity index (χ0v) is 19.7. The van der Waals surface area contributed by atoms with E-state index in [-0.39, 0.29) is 49.2 Å². The minimum Gasteiger partial charge on any atom is -0.340 e. The second-order valence-electron chi connectivity index (χ2n) is 7.99. The van der Waals surface area contributed by atoms with Crippen molar-refractivity contribution in [3.8, 4) is 0 Å². The highest BCUT2D eigenvalue weighted by Crippen LogP contribution is 2.28. The molecule has 2 aromatic rings. The molecule has 0 saturated carbocycles. The lowest BCUT2D eigenvalue weighted by molar-refractivity contribution is -0.135. The topological polar surface area (TPSA) is 57.7 Å². The summed E-state index contributed by atoms with van der Waals surface area (Å²) in [5.41, 5.74) is 1.10. The fourth-order valence-electron chi connectivity index (χ4n) is 3.86. The number of Topliss-reactive ketones (excluding diaryl/α,β-unsaturated/α-hetero) is 2. The van der Waals surface area contributed by atoms with Gasteiger partial charge < -0.3 is 4.90 Å². The van der Waals surface area contributed by atoms with Crippen LogP contribution in [-0.4, -0.2) is 53.5 Å². The minimum absolute atomic E-state index is 0.00142. The van der Waals surface area contributed by atoms with Crippen molar-refractivity contribution >= 4 is 40.4 Å². The van der Waals surface area contributed by atoms with Gasteiger partial charge in [0.1, 0.15) is 5.78 Å². The molecule has 7 heteroatoms. The average Bonchev–Trinajstić information content (AvgIpc) is 3.22. The molecule has 5 nitrogen and oxygen atoms in total. The van der Waals surface area contributed by atoms with E-state index in [1.54, 1.807) is 0 Å². The first-order valence-electron chi connectivity index (χ1n) is 10.7. The summed E-state index contributed by atoms with van der Waals surface area (Å²) in [6.45, 7) is 6.95. The summed E-state index contributed by atoms with van der Waals surface area (Å²) in [7, 11) is 0. The Balaban J connectivity index is 1.38. The molecule has 1 fully saturated rings. The van der Waals surface area contributed by atoms with Crippen LogP contribution in [0.5, 0.6) is 0 Å². The van der Waals surface area contributed by atoms with Crippen LogP contribution in [0.1, 0.15) is 58.8 Å². The van der Waals surface area contributed by atoms with Crippen LogP contribution in [-0.2, 0) is 9.59 Å². The van der Waals surface area contributed by atoms with Gasteiger partial charge in [-0.15, -0.1) is 11.3 Å². The number of amides is 1. The highest BCUT2D eigenvalue weighted by Gasteiger charge is 2.25. The van der Waals surface area contributed by atoms with E-state index in [0.717, 1.165) is 28.6 Å². The molecule has 0 spiro atoms. The van der Waals surface area contributed by atoms with Crippen molar-refractivity contribution < 1.29 is 14.4 Å². The fourth-order valence-corrected chi connectivity index (χ4v) is 4.99. The van der Waals surface area contributed by atoms with Crippen LogP contribution < -0.4 is 0 Å². The number of benzene rings is 1. The molecular weight excluding hydrogens is 432 g/mol. The maximum absolute atomic E-state index is 12.5. The van der Waals surface area contributed by atoms with E-state index < -0.39 is 0 Å². The molecule has 1 aromatic carbocycles. The highest BCUT2D eigenvalue weighted by atomic mass is 35.5. The Kier molecular flexibility index (Phi) is 8.41. The van der Waals surface area contributed by atoms with Gasteiger partial charge in [0.2, 0.25) is 5.91 Å². The summed E-state index contributed by atoms with van der Waals surface area (Å²) in [5, 5.41) is 0.764. The zero-order chi connectivity index (χ0) is 22.4. The Morgan fingerprint density at radius 1 is 0.968 bits per heavy atom. The molecule has 166 valence electrons. The largest absolute Gasteiger partial charge is 0.340 e. The van der Waals surface area contributed by atoms with Gasteiger partial charge in [-0.05, 0) is 37.6 Å². The van der Waals surface area contributed by atoms with Crippen molar-refractivity contribution in [1.29, 1.82) is 0 Å². The predicted molar refractivity (Wildman–Crippen MR) is 125 cm³/mol. The summed E-state index contributed by atoms with van der Waals surface area (Å²) in [5.74, 6) is -0.0129. The summed E-state index contributed by atoms with van der Waals surface area (Å²) < 4.78 is 0. The number of hydrogen-bond acceptors (Lipinski definition) is 5. The van der Waals surface area contributed by atoms with Gasteiger partial charge in [0, 0.05) is 67.8 Å². The first-order valence-corrected chi connectivity index (χ1v) is 11.9. The summed E-state index contributed by atoms with van der Waals surface area (Å²) in [6.07, 6.45) is 0.828. The van der Waals surface area contributed by atoms with Crippen LogP contribution in [0.4, 0.5) is 0 Å². The first kappa shape index (κ1) is 23.6.